The minimum Gasteiger partial charge on any atom is -0.328 e. The first kappa shape index (κ1) is 13.2. The Morgan fingerprint density at radius 3 is 2.12 bits per heavy atom. The van der Waals surface area contributed by atoms with Gasteiger partial charge in [0.1, 0.15) is 5.67 Å². The number of nitrogens with two attached hydrogens (primary N) is 1. The van der Waals surface area contributed by atoms with Gasteiger partial charge in [-0.3, -0.25) is 0 Å². The van der Waals surface area contributed by atoms with Gasteiger partial charge in [-0.1, -0.05) is 32.0 Å². The third-order valence-electron chi connectivity index (χ3n) is 3.49. The van der Waals surface area contributed by atoms with Gasteiger partial charge >= 0.3 is 0 Å². The van der Waals surface area contributed by atoms with Gasteiger partial charge in [-0.25, -0.2) is 4.39 Å². The van der Waals surface area contributed by atoms with Crippen molar-refractivity contribution in [2.75, 3.05) is 6.54 Å². The van der Waals surface area contributed by atoms with E-state index >= 15 is 0 Å². The lowest BCUT2D eigenvalue weighted by Gasteiger charge is -2.29. The summed E-state index contributed by atoms with van der Waals surface area (Å²) in [6.07, 6.45) is 0.416. The van der Waals surface area contributed by atoms with Crippen LogP contribution in [0.2, 0.25) is 0 Å². The summed E-state index contributed by atoms with van der Waals surface area (Å²) in [6, 6.07) is 6.06. The molecule has 0 spiro atoms. The van der Waals surface area contributed by atoms with Crippen LogP contribution in [0, 0.1) is 19.8 Å². The Bertz CT molecular complexity index is 340. The Morgan fingerprint density at radius 1 is 1.25 bits per heavy atom. The van der Waals surface area contributed by atoms with Gasteiger partial charge in [0.25, 0.3) is 0 Å². The SMILES string of the molecule is Cc1cccc(C)c1CC(F)(CN)C(C)C. The Kier molecular flexibility index (Phi) is 4.09. The second kappa shape index (κ2) is 4.96. The van der Waals surface area contributed by atoms with Crippen LogP contribution in [0.3, 0.4) is 0 Å². The molecule has 90 valence electrons. The Hall–Kier alpha value is -0.890. The summed E-state index contributed by atoms with van der Waals surface area (Å²) < 4.78 is 14.6. The van der Waals surface area contributed by atoms with E-state index in [2.05, 4.69) is 0 Å². The maximum absolute atomic E-state index is 14.6. The lowest BCUT2D eigenvalue weighted by Crippen LogP contribution is -2.40. The molecular weight excluding hydrogens is 201 g/mol. The molecule has 0 saturated carbocycles. The summed E-state index contributed by atoms with van der Waals surface area (Å²) in [5, 5.41) is 0. The number of aryl methyl sites for hydroxylation is 2. The fourth-order valence-corrected chi connectivity index (χ4v) is 1.93. The summed E-state index contributed by atoms with van der Waals surface area (Å²) in [7, 11) is 0. The number of benzene rings is 1. The van der Waals surface area contributed by atoms with Gasteiger partial charge in [-0.2, -0.15) is 0 Å². The van der Waals surface area contributed by atoms with E-state index in [9.17, 15) is 4.39 Å². The molecule has 0 fully saturated rings. The number of hydrogen-bond donors (Lipinski definition) is 1. The highest BCUT2D eigenvalue weighted by molar-refractivity contribution is 5.34. The minimum atomic E-state index is -1.29. The van der Waals surface area contributed by atoms with Crippen LogP contribution in [0.1, 0.15) is 30.5 Å². The van der Waals surface area contributed by atoms with Crippen LogP contribution in [0.5, 0.6) is 0 Å². The molecule has 0 heterocycles. The lowest BCUT2D eigenvalue weighted by atomic mass is 9.83. The van der Waals surface area contributed by atoms with Gasteiger partial charge in [-0.05, 0) is 36.5 Å². The molecule has 2 heteroatoms. The number of alkyl halides is 1. The van der Waals surface area contributed by atoms with Gasteiger partial charge in [0, 0.05) is 13.0 Å². The average molecular weight is 223 g/mol. The molecular formula is C14H22FN. The average Bonchev–Trinajstić information content (AvgIpc) is 2.23. The molecule has 1 aromatic rings. The van der Waals surface area contributed by atoms with Crippen molar-refractivity contribution in [2.45, 2.75) is 39.8 Å². The van der Waals surface area contributed by atoms with E-state index in [4.69, 9.17) is 5.73 Å². The second-order valence-electron chi connectivity index (χ2n) is 4.94. The molecule has 16 heavy (non-hydrogen) atoms. The fourth-order valence-electron chi connectivity index (χ4n) is 1.93. The van der Waals surface area contributed by atoms with Gasteiger partial charge in [-0.15, -0.1) is 0 Å². The predicted molar refractivity (Wildman–Crippen MR) is 67.4 cm³/mol. The molecule has 2 N–H and O–H groups in total. The third-order valence-corrected chi connectivity index (χ3v) is 3.49. The van der Waals surface area contributed by atoms with Crippen molar-refractivity contribution in [2.24, 2.45) is 11.7 Å². The quantitative estimate of drug-likeness (QED) is 0.833. The number of rotatable bonds is 4. The highest BCUT2D eigenvalue weighted by atomic mass is 19.1. The predicted octanol–water partition coefficient (Wildman–Crippen LogP) is 3.17. The van der Waals surface area contributed by atoms with E-state index in [0.717, 1.165) is 16.7 Å². The summed E-state index contributed by atoms with van der Waals surface area (Å²) in [4.78, 5) is 0. The molecule has 0 amide bonds. The molecule has 1 atom stereocenters. The maximum atomic E-state index is 14.6. The monoisotopic (exact) mass is 223 g/mol. The first-order valence-electron chi connectivity index (χ1n) is 5.85. The molecule has 0 aliphatic heterocycles. The van der Waals surface area contributed by atoms with E-state index < -0.39 is 5.67 Å². The molecule has 0 aliphatic carbocycles. The minimum absolute atomic E-state index is 0.0588. The van der Waals surface area contributed by atoms with E-state index in [1.54, 1.807) is 0 Å². The third kappa shape index (κ3) is 2.62. The van der Waals surface area contributed by atoms with Crippen LogP contribution in [0.25, 0.3) is 0 Å². The molecule has 0 bridgehead atoms. The van der Waals surface area contributed by atoms with Crippen molar-refractivity contribution in [3.8, 4) is 0 Å². The molecule has 1 aromatic carbocycles. The van der Waals surface area contributed by atoms with Gasteiger partial charge in [0.05, 0.1) is 0 Å². The largest absolute Gasteiger partial charge is 0.328 e. The van der Waals surface area contributed by atoms with Crippen LogP contribution >= 0.6 is 0 Å². The number of halogens is 1. The normalized spacial score (nSPS) is 15.2. The van der Waals surface area contributed by atoms with E-state index in [1.807, 2.05) is 45.9 Å². The maximum Gasteiger partial charge on any atom is 0.129 e. The van der Waals surface area contributed by atoms with Crippen LogP contribution in [0.15, 0.2) is 18.2 Å². The molecule has 1 rings (SSSR count). The fraction of sp³-hybridized carbons (Fsp3) is 0.571. The van der Waals surface area contributed by atoms with E-state index in [0.29, 0.717) is 6.42 Å². The standard InChI is InChI=1S/C14H22FN/c1-10(2)14(15,9-16)8-13-11(3)6-5-7-12(13)4/h5-7,10H,8-9,16H2,1-4H3. The molecule has 1 nitrogen and oxygen atoms in total. The summed E-state index contributed by atoms with van der Waals surface area (Å²) >= 11 is 0. The Labute approximate surface area is 97.9 Å². The molecule has 0 aromatic heterocycles. The summed E-state index contributed by atoms with van der Waals surface area (Å²) in [5.41, 5.74) is 7.69. The van der Waals surface area contributed by atoms with Crippen molar-refractivity contribution < 1.29 is 4.39 Å². The van der Waals surface area contributed by atoms with E-state index in [-0.39, 0.29) is 12.5 Å². The zero-order valence-electron chi connectivity index (χ0n) is 10.7. The first-order valence-corrected chi connectivity index (χ1v) is 5.85. The lowest BCUT2D eigenvalue weighted by molar-refractivity contribution is 0.110. The van der Waals surface area contributed by atoms with Gasteiger partial charge < -0.3 is 5.73 Å². The number of hydrogen-bond acceptors (Lipinski definition) is 1. The molecule has 0 saturated heterocycles. The highest BCUT2D eigenvalue weighted by Gasteiger charge is 2.33. The zero-order valence-corrected chi connectivity index (χ0v) is 10.7. The highest BCUT2D eigenvalue weighted by Crippen LogP contribution is 2.28. The van der Waals surface area contributed by atoms with Crippen molar-refractivity contribution in [3.63, 3.8) is 0 Å². The Morgan fingerprint density at radius 2 is 1.75 bits per heavy atom. The van der Waals surface area contributed by atoms with Gasteiger partial charge in [0.2, 0.25) is 0 Å². The first-order chi connectivity index (χ1) is 7.40. The molecule has 0 radical (unpaired) electrons. The van der Waals surface area contributed by atoms with Crippen molar-refractivity contribution >= 4 is 0 Å². The van der Waals surface area contributed by atoms with Crippen molar-refractivity contribution in [3.05, 3.63) is 34.9 Å². The zero-order chi connectivity index (χ0) is 12.3. The van der Waals surface area contributed by atoms with E-state index in [1.165, 1.54) is 0 Å². The molecule has 1 unspecified atom stereocenters. The van der Waals surface area contributed by atoms with Crippen molar-refractivity contribution in [1.29, 1.82) is 0 Å². The van der Waals surface area contributed by atoms with Crippen LogP contribution < -0.4 is 5.73 Å². The summed E-state index contributed by atoms with van der Waals surface area (Å²) in [5.74, 6) is -0.0588. The smallest absolute Gasteiger partial charge is 0.129 e. The molecule has 0 aliphatic rings. The van der Waals surface area contributed by atoms with Crippen LogP contribution in [0.4, 0.5) is 4.39 Å². The topological polar surface area (TPSA) is 26.0 Å². The van der Waals surface area contributed by atoms with Crippen molar-refractivity contribution in [1.82, 2.24) is 0 Å². The second-order valence-corrected chi connectivity index (χ2v) is 4.94. The van der Waals surface area contributed by atoms with Crippen LogP contribution in [-0.4, -0.2) is 12.2 Å². The summed E-state index contributed by atoms with van der Waals surface area (Å²) in [6.45, 7) is 7.92. The Balaban J connectivity index is 3.03. The van der Waals surface area contributed by atoms with Gasteiger partial charge in [0.15, 0.2) is 0 Å². The van der Waals surface area contributed by atoms with Crippen LogP contribution in [-0.2, 0) is 6.42 Å².